The van der Waals surface area contributed by atoms with Gasteiger partial charge in [0.2, 0.25) is 0 Å². The molecule has 12 heavy (non-hydrogen) atoms. The Bertz CT molecular complexity index is 156. The van der Waals surface area contributed by atoms with Crippen LogP contribution in [0.2, 0.25) is 0 Å². The summed E-state index contributed by atoms with van der Waals surface area (Å²) in [6, 6.07) is 0.406. The van der Waals surface area contributed by atoms with Gasteiger partial charge in [0.15, 0.2) is 0 Å². The van der Waals surface area contributed by atoms with E-state index in [1.807, 2.05) is 0 Å². The zero-order valence-electron chi connectivity index (χ0n) is 7.87. The van der Waals surface area contributed by atoms with Crippen molar-refractivity contribution >= 4 is 0 Å². The fourth-order valence-electron chi connectivity index (χ4n) is 2.06. The fourth-order valence-corrected chi connectivity index (χ4v) is 2.06. The lowest BCUT2D eigenvalue weighted by Crippen LogP contribution is -2.33. The highest BCUT2D eigenvalue weighted by Gasteiger charge is 2.30. The smallest absolute Gasteiger partial charge is 0.0704 e. The molecular formula is C10H19NO. The van der Waals surface area contributed by atoms with Gasteiger partial charge in [-0.05, 0) is 32.2 Å². The summed E-state index contributed by atoms with van der Waals surface area (Å²) in [6.07, 6.45) is 5.17. The van der Waals surface area contributed by atoms with E-state index >= 15 is 0 Å². The summed E-state index contributed by atoms with van der Waals surface area (Å²) < 4.78 is 0. The average molecular weight is 169 g/mol. The Morgan fingerprint density at radius 3 is 2.58 bits per heavy atom. The van der Waals surface area contributed by atoms with Crippen LogP contribution in [0, 0.1) is 5.92 Å². The van der Waals surface area contributed by atoms with Gasteiger partial charge in [-0.15, -0.1) is 0 Å². The number of nitrogens with zero attached hydrogens (tertiary/aromatic N) is 1. The van der Waals surface area contributed by atoms with E-state index in [9.17, 15) is 5.11 Å². The van der Waals surface area contributed by atoms with Crippen LogP contribution in [0.25, 0.3) is 0 Å². The molecule has 0 bridgehead atoms. The van der Waals surface area contributed by atoms with E-state index in [2.05, 4.69) is 11.8 Å². The van der Waals surface area contributed by atoms with E-state index in [1.54, 1.807) is 0 Å². The second-order valence-electron chi connectivity index (χ2n) is 4.36. The molecule has 0 aromatic heterocycles. The van der Waals surface area contributed by atoms with Crippen LogP contribution >= 0.6 is 0 Å². The molecule has 0 aromatic rings. The van der Waals surface area contributed by atoms with Crippen LogP contribution in [0.4, 0.5) is 0 Å². The van der Waals surface area contributed by atoms with Crippen LogP contribution < -0.4 is 0 Å². The molecule has 0 spiro atoms. The Hall–Kier alpha value is -0.0800. The predicted octanol–water partition coefficient (Wildman–Crippen LogP) is 1.24. The molecule has 1 heterocycles. The van der Waals surface area contributed by atoms with E-state index in [1.165, 1.54) is 25.8 Å². The highest BCUT2D eigenvalue weighted by molar-refractivity contribution is 4.84. The van der Waals surface area contributed by atoms with Crippen molar-refractivity contribution in [2.75, 3.05) is 13.1 Å². The van der Waals surface area contributed by atoms with Gasteiger partial charge in [0.25, 0.3) is 0 Å². The SMILES string of the molecule is C[C@H]1[C@H](O)CCN1CCC1CC1. The Kier molecular flexibility index (Phi) is 2.37. The molecule has 2 rings (SSSR count). The minimum atomic E-state index is -0.0656. The van der Waals surface area contributed by atoms with Gasteiger partial charge in [-0.25, -0.2) is 0 Å². The molecule has 2 nitrogen and oxygen atoms in total. The molecule has 1 aliphatic heterocycles. The topological polar surface area (TPSA) is 23.5 Å². The first kappa shape index (κ1) is 8.52. The van der Waals surface area contributed by atoms with E-state index in [0.717, 1.165) is 18.9 Å². The number of aliphatic hydroxyl groups is 1. The van der Waals surface area contributed by atoms with Crippen LogP contribution in [-0.2, 0) is 0 Å². The Morgan fingerprint density at radius 2 is 2.08 bits per heavy atom. The van der Waals surface area contributed by atoms with Crippen LogP contribution in [0.5, 0.6) is 0 Å². The largest absolute Gasteiger partial charge is 0.391 e. The lowest BCUT2D eigenvalue weighted by Gasteiger charge is -2.21. The molecule has 70 valence electrons. The van der Waals surface area contributed by atoms with E-state index in [-0.39, 0.29) is 6.10 Å². The van der Waals surface area contributed by atoms with Crippen LogP contribution in [-0.4, -0.2) is 35.2 Å². The van der Waals surface area contributed by atoms with Gasteiger partial charge in [-0.2, -0.15) is 0 Å². The molecule has 0 aromatic carbocycles. The fraction of sp³-hybridized carbons (Fsp3) is 1.00. The second kappa shape index (κ2) is 3.35. The van der Waals surface area contributed by atoms with Crippen molar-refractivity contribution < 1.29 is 5.11 Å². The second-order valence-corrected chi connectivity index (χ2v) is 4.36. The highest BCUT2D eigenvalue weighted by atomic mass is 16.3. The molecule has 1 saturated heterocycles. The number of likely N-dealkylation sites (tertiary alicyclic amines) is 1. The first-order valence-corrected chi connectivity index (χ1v) is 5.19. The Morgan fingerprint density at radius 1 is 1.33 bits per heavy atom. The predicted molar refractivity (Wildman–Crippen MR) is 49.0 cm³/mol. The van der Waals surface area contributed by atoms with Crippen molar-refractivity contribution in [1.82, 2.24) is 4.90 Å². The third-order valence-electron chi connectivity index (χ3n) is 3.37. The number of hydrogen-bond donors (Lipinski definition) is 1. The molecule has 1 N–H and O–H groups in total. The third kappa shape index (κ3) is 1.80. The Balaban J connectivity index is 1.72. The molecule has 2 fully saturated rings. The summed E-state index contributed by atoms with van der Waals surface area (Å²) in [7, 11) is 0. The van der Waals surface area contributed by atoms with Gasteiger partial charge < -0.3 is 5.11 Å². The molecule has 2 aliphatic rings. The lowest BCUT2D eigenvalue weighted by atomic mass is 10.2. The van der Waals surface area contributed by atoms with Crippen molar-refractivity contribution in [3.05, 3.63) is 0 Å². The molecule has 1 aliphatic carbocycles. The minimum Gasteiger partial charge on any atom is -0.391 e. The quantitative estimate of drug-likeness (QED) is 0.687. The van der Waals surface area contributed by atoms with Crippen molar-refractivity contribution in [1.29, 1.82) is 0 Å². The van der Waals surface area contributed by atoms with E-state index < -0.39 is 0 Å². The van der Waals surface area contributed by atoms with Crippen LogP contribution in [0.1, 0.15) is 32.6 Å². The lowest BCUT2D eigenvalue weighted by molar-refractivity contribution is 0.125. The van der Waals surface area contributed by atoms with Crippen molar-refractivity contribution in [2.24, 2.45) is 5.92 Å². The van der Waals surface area contributed by atoms with Crippen molar-refractivity contribution in [3.63, 3.8) is 0 Å². The van der Waals surface area contributed by atoms with E-state index in [0.29, 0.717) is 6.04 Å². The van der Waals surface area contributed by atoms with Gasteiger partial charge in [-0.3, -0.25) is 4.90 Å². The first-order chi connectivity index (χ1) is 5.77. The maximum Gasteiger partial charge on any atom is 0.0704 e. The summed E-state index contributed by atoms with van der Waals surface area (Å²) in [6.45, 7) is 4.46. The Labute approximate surface area is 74.6 Å². The number of hydrogen-bond acceptors (Lipinski definition) is 2. The zero-order chi connectivity index (χ0) is 8.55. The maximum absolute atomic E-state index is 9.51. The molecular weight excluding hydrogens is 150 g/mol. The van der Waals surface area contributed by atoms with Gasteiger partial charge >= 0.3 is 0 Å². The molecule has 0 amide bonds. The summed E-state index contributed by atoms with van der Waals surface area (Å²) in [5.74, 6) is 1.02. The standard InChI is InChI=1S/C10H19NO/c1-8-10(12)5-7-11(8)6-4-9-2-3-9/h8-10,12H,2-7H2,1H3/t8-,10+/m0/s1. The van der Waals surface area contributed by atoms with Crippen LogP contribution in [0.3, 0.4) is 0 Å². The van der Waals surface area contributed by atoms with Gasteiger partial charge in [0, 0.05) is 12.6 Å². The number of rotatable bonds is 3. The maximum atomic E-state index is 9.51. The van der Waals surface area contributed by atoms with Gasteiger partial charge in [0.05, 0.1) is 6.10 Å². The molecule has 0 unspecified atom stereocenters. The normalized spacial score (nSPS) is 37.5. The summed E-state index contributed by atoms with van der Waals surface area (Å²) in [4.78, 5) is 2.43. The first-order valence-electron chi connectivity index (χ1n) is 5.19. The number of aliphatic hydroxyl groups excluding tert-OH is 1. The van der Waals surface area contributed by atoms with Gasteiger partial charge in [-0.1, -0.05) is 12.8 Å². The molecule has 1 saturated carbocycles. The summed E-state index contributed by atoms with van der Waals surface area (Å²) >= 11 is 0. The summed E-state index contributed by atoms with van der Waals surface area (Å²) in [5.41, 5.74) is 0. The minimum absolute atomic E-state index is 0.0656. The van der Waals surface area contributed by atoms with Crippen molar-refractivity contribution in [2.45, 2.75) is 44.8 Å². The third-order valence-corrected chi connectivity index (χ3v) is 3.37. The zero-order valence-corrected chi connectivity index (χ0v) is 7.87. The molecule has 2 heteroatoms. The van der Waals surface area contributed by atoms with Gasteiger partial charge in [0.1, 0.15) is 0 Å². The molecule has 0 radical (unpaired) electrons. The average Bonchev–Trinajstić information content (AvgIpc) is 2.82. The van der Waals surface area contributed by atoms with Crippen LogP contribution in [0.15, 0.2) is 0 Å². The van der Waals surface area contributed by atoms with Crippen molar-refractivity contribution in [3.8, 4) is 0 Å². The monoisotopic (exact) mass is 169 g/mol. The highest BCUT2D eigenvalue weighted by Crippen LogP contribution is 2.33. The van der Waals surface area contributed by atoms with E-state index in [4.69, 9.17) is 0 Å². The molecule has 2 atom stereocenters. The summed E-state index contributed by atoms with van der Waals surface area (Å²) in [5, 5.41) is 9.51.